The van der Waals surface area contributed by atoms with Crippen molar-refractivity contribution >= 4 is 28.7 Å². The molecule has 0 atom stereocenters. The van der Waals surface area contributed by atoms with Crippen LogP contribution >= 0.6 is 11.6 Å². The zero-order valence-electron chi connectivity index (χ0n) is 14.1. The molecule has 3 rings (SSSR count). The molecule has 132 valence electrons. The van der Waals surface area contributed by atoms with Crippen LogP contribution in [0.4, 0.5) is 0 Å². The molecule has 7 heteroatoms. The Bertz CT molecular complexity index is 948. The number of hydrogen-bond acceptors (Lipinski definition) is 6. The second-order valence-electron chi connectivity index (χ2n) is 5.26. The van der Waals surface area contributed by atoms with E-state index in [1.807, 2.05) is 18.2 Å². The summed E-state index contributed by atoms with van der Waals surface area (Å²) in [7, 11) is 2.92. The van der Waals surface area contributed by atoms with E-state index in [4.69, 9.17) is 20.9 Å². The van der Waals surface area contributed by atoms with E-state index in [0.29, 0.717) is 17.1 Å². The second-order valence-corrected chi connectivity index (χ2v) is 5.67. The van der Waals surface area contributed by atoms with Gasteiger partial charge in [-0.2, -0.15) is 4.98 Å². The van der Waals surface area contributed by atoms with E-state index in [9.17, 15) is 4.79 Å². The van der Waals surface area contributed by atoms with Gasteiger partial charge in [0.25, 0.3) is 5.89 Å². The molecule has 3 aromatic rings. The lowest BCUT2D eigenvalue weighted by atomic mass is 10.1. The first-order valence-electron chi connectivity index (χ1n) is 7.65. The van der Waals surface area contributed by atoms with Crippen molar-refractivity contribution in [1.29, 1.82) is 0 Å². The summed E-state index contributed by atoms with van der Waals surface area (Å²) in [6.45, 7) is 0. The third-order valence-corrected chi connectivity index (χ3v) is 3.85. The summed E-state index contributed by atoms with van der Waals surface area (Å²) in [4.78, 5) is 15.7. The van der Waals surface area contributed by atoms with Crippen molar-refractivity contribution in [1.82, 2.24) is 10.1 Å². The minimum absolute atomic E-state index is 0.196. The second kappa shape index (κ2) is 7.84. The highest BCUT2D eigenvalue weighted by Gasteiger charge is 2.12. The molecule has 2 aromatic carbocycles. The zero-order valence-corrected chi connectivity index (χ0v) is 14.9. The normalized spacial score (nSPS) is 11.3. The number of hydrogen-bond donors (Lipinski definition) is 0. The van der Waals surface area contributed by atoms with Gasteiger partial charge in [-0.3, -0.25) is 0 Å². The molecule has 0 saturated carbocycles. The summed E-state index contributed by atoms with van der Waals surface area (Å²) in [5, 5.41) is 4.23. The first kappa shape index (κ1) is 17.7. The molecule has 0 N–H and O–H groups in total. The van der Waals surface area contributed by atoms with Crippen LogP contribution in [-0.4, -0.2) is 30.3 Å². The number of aromatic nitrogens is 2. The van der Waals surface area contributed by atoms with Crippen LogP contribution < -0.4 is 4.74 Å². The standard InChI is InChI=1S/C19H15ClN2O4/c1-24-15-5-3-4-14(11-15)17-21-18(26-22-17)16(20)10-12-6-8-13(9-7-12)19(23)25-2/h3-11H,1-2H3/b16-10-. The summed E-state index contributed by atoms with van der Waals surface area (Å²) in [5.41, 5.74) is 1.99. The molecule has 0 aliphatic rings. The number of benzene rings is 2. The number of halogens is 1. The van der Waals surface area contributed by atoms with Gasteiger partial charge in [0.05, 0.1) is 19.8 Å². The van der Waals surface area contributed by atoms with Crippen molar-refractivity contribution in [2.75, 3.05) is 14.2 Å². The highest BCUT2D eigenvalue weighted by Crippen LogP contribution is 2.25. The number of nitrogens with zero attached hydrogens (tertiary/aromatic N) is 2. The van der Waals surface area contributed by atoms with Gasteiger partial charge in [0, 0.05) is 5.56 Å². The third kappa shape index (κ3) is 3.92. The average molecular weight is 371 g/mol. The van der Waals surface area contributed by atoms with Gasteiger partial charge in [-0.15, -0.1) is 0 Å². The zero-order chi connectivity index (χ0) is 18.5. The fourth-order valence-corrected chi connectivity index (χ4v) is 2.44. The minimum atomic E-state index is -0.397. The van der Waals surface area contributed by atoms with Crippen LogP contribution in [0.15, 0.2) is 53.1 Å². The Balaban J connectivity index is 1.82. The van der Waals surface area contributed by atoms with Gasteiger partial charge in [-0.25, -0.2) is 4.79 Å². The van der Waals surface area contributed by atoms with Gasteiger partial charge in [-0.1, -0.05) is 41.0 Å². The van der Waals surface area contributed by atoms with Crippen LogP contribution in [0, 0.1) is 0 Å². The Labute approximate surface area is 155 Å². The predicted molar refractivity (Wildman–Crippen MR) is 97.8 cm³/mol. The van der Waals surface area contributed by atoms with Gasteiger partial charge >= 0.3 is 5.97 Å². The molecule has 0 amide bonds. The lowest BCUT2D eigenvalue weighted by Gasteiger charge is -2.00. The topological polar surface area (TPSA) is 74.5 Å². The van der Waals surface area contributed by atoms with Crippen molar-refractivity contribution in [2.45, 2.75) is 0 Å². The molecule has 1 aromatic heterocycles. The molecule has 26 heavy (non-hydrogen) atoms. The smallest absolute Gasteiger partial charge is 0.337 e. The summed E-state index contributed by atoms with van der Waals surface area (Å²) in [6, 6.07) is 14.1. The van der Waals surface area contributed by atoms with Crippen LogP contribution in [0.1, 0.15) is 21.8 Å². The summed E-state index contributed by atoms with van der Waals surface area (Å²) < 4.78 is 15.1. The molecule has 6 nitrogen and oxygen atoms in total. The molecule has 0 radical (unpaired) electrons. The van der Waals surface area contributed by atoms with Gasteiger partial charge in [0.1, 0.15) is 10.8 Å². The van der Waals surface area contributed by atoms with Crippen molar-refractivity contribution in [3.05, 3.63) is 65.5 Å². The molecule has 0 spiro atoms. The van der Waals surface area contributed by atoms with Crippen LogP contribution in [0.5, 0.6) is 5.75 Å². The van der Waals surface area contributed by atoms with Crippen LogP contribution in [-0.2, 0) is 4.74 Å². The van der Waals surface area contributed by atoms with Crippen molar-refractivity contribution in [3.8, 4) is 17.1 Å². The van der Waals surface area contributed by atoms with E-state index in [1.165, 1.54) is 7.11 Å². The molecule has 0 aliphatic heterocycles. The Morgan fingerprint density at radius 3 is 2.62 bits per heavy atom. The number of esters is 1. The first-order chi connectivity index (χ1) is 12.6. The third-order valence-electron chi connectivity index (χ3n) is 3.58. The largest absolute Gasteiger partial charge is 0.497 e. The monoisotopic (exact) mass is 370 g/mol. The van der Waals surface area contributed by atoms with E-state index < -0.39 is 5.97 Å². The van der Waals surface area contributed by atoms with E-state index in [2.05, 4.69) is 14.9 Å². The number of carbonyl (C=O) groups is 1. The average Bonchev–Trinajstić information content (AvgIpc) is 3.18. The van der Waals surface area contributed by atoms with Gasteiger partial charge < -0.3 is 14.0 Å². The number of rotatable bonds is 5. The Morgan fingerprint density at radius 2 is 1.92 bits per heavy atom. The summed E-state index contributed by atoms with van der Waals surface area (Å²) >= 11 is 6.28. The van der Waals surface area contributed by atoms with Gasteiger partial charge in [0.2, 0.25) is 5.82 Å². The molecule has 0 bridgehead atoms. The molecule has 0 fully saturated rings. The quantitative estimate of drug-likeness (QED) is 0.624. The maximum atomic E-state index is 11.4. The molecule has 0 saturated heterocycles. The highest BCUT2D eigenvalue weighted by molar-refractivity contribution is 6.50. The van der Waals surface area contributed by atoms with Crippen LogP contribution in [0.3, 0.4) is 0 Å². The Morgan fingerprint density at radius 1 is 1.15 bits per heavy atom. The lowest BCUT2D eigenvalue weighted by molar-refractivity contribution is 0.0600. The Hall–Kier alpha value is -3.12. The van der Waals surface area contributed by atoms with E-state index in [-0.39, 0.29) is 10.9 Å². The maximum Gasteiger partial charge on any atom is 0.337 e. The fourth-order valence-electron chi connectivity index (χ4n) is 2.24. The summed E-state index contributed by atoms with van der Waals surface area (Å²) in [5.74, 6) is 0.903. The predicted octanol–water partition coefficient (Wildman–Crippen LogP) is 4.27. The lowest BCUT2D eigenvalue weighted by Crippen LogP contribution is -2.00. The fraction of sp³-hybridized carbons (Fsp3) is 0.105. The highest BCUT2D eigenvalue weighted by atomic mass is 35.5. The molecule has 0 unspecified atom stereocenters. The molecular weight excluding hydrogens is 356 g/mol. The van der Waals surface area contributed by atoms with Crippen molar-refractivity contribution in [3.63, 3.8) is 0 Å². The number of methoxy groups -OCH3 is 2. The van der Waals surface area contributed by atoms with Gasteiger partial charge in [0.15, 0.2) is 0 Å². The molecule has 1 heterocycles. The first-order valence-corrected chi connectivity index (χ1v) is 8.02. The number of ether oxygens (including phenoxy) is 2. The van der Waals surface area contributed by atoms with Crippen molar-refractivity contribution in [2.24, 2.45) is 0 Å². The molecular formula is C19H15ClN2O4. The summed E-state index contributed by atoms with van der Waals surface area (Å²) in [6.07, 6.45) is 1.67. The van der Waals surface area contributed by atoms with E-state index in [1.54, 1.807) is 43.5 Å². The van der Waals surface area contributed by atoms with Crippen LogP contribution in [0.2, 0.25) is 0 Å². The minimum Gasteiger partial charge on any atom is -0.497 e. The number of carbonyl (C=O) groups excluding carboxylic acids is 1. The Kier molecular flexibility index (Phi) is 5.34. The van der Waals surface area contributed by atoms with Crippen LogP contribution in [0.25, 0.3) is 22.5 Å². The van der Waals surface area contributed by atoms with E-state index >= 15 is 0 Å². The van der Waals surface area contributed by atoms with Crippen molar-refractivity contribution < 1.29 is 18.8 Å². The van der Waals surface area contributed by atoms with E-state index in [0.717, 1.165) is 11.1 Å². The van der Waals surface area contributed by atoms with Gasteiger partial charge in [-0.05, 0) is 35.9 Å². The SMILES string of the molecule is COC(=O)c1ccc(/C=C(\Cl)c2nc(-c3cccc(OC)c3)no2)cc1. The maximum absolute atomic E-state index is 11.4. The molecule has 0 aliphatic carbocycles.